The highest BCUT2D eigenvalue weighted by Gasteiger charge is 2.58. The highest BCUT2D eigenvalue weighted by atomic mass is 16.5. The van der Waals surface area contributed by atoms with Crippen LogP contribution in [0.5, 0.6) is 0 Å². The number of fused-ring (bicyclic) bond motifs is 3. The molecule has 2 aromatic carbocycles. The van der Waals surface area contributed by atoms with Crippen molar-refractivity contribution in [1.82, 2.24) is 0 Å². The first-order valence-electron chi connectivity index (χ1n) is 10.1. The van der Waals surface area contributed by atoms with Crippen LogP contribution in [0.15, 0.2) is 54.6 Å². The SMILES string of the molecule is CCN(CC)c1ccc(/C=C/C23OCCN2c2ccccc2C3(C)C)cc1. The third-order valence-corrected chi connectivity index (χ3v) is 6.33. The second-order valence-corrected chi connectivity index (χ2v) is 7.94. The maximum atomic E-state index is 6.41. The lowest BCUT2D eigenvalue weighted by molar-refractivity contribution is 0.000337. The molecule has 1 saturated heterocycles. The quantitative estimate of drug-likeness (QED) is 0.738. The van der Waals surface area contributed by atoms with E-state index in [2.05, 4.69) is 98.2 Å². The standard InChI is InChI=1S/C24H30N2O/c1-5-25(6-2)20-13-11-19(12-14-20)15-16-24-23(3,4)21-9-7-8-10-22(21)26(24)17-18-27-24/h7-16H,5-6,17-18H2,1-4H3/b16-15+. The zero-order valence-corrected chi connectivity index (χ0v) is 16.9. The van der Waals surface area contributed by atoms with Crippen LogP contribution < -0.4 is 9.80 Å². The van der Waals surface area contributed by atoms with Gasteiger partial charge in [-0.3, -0.25) is 0 Å². The third kappa shape index (κ3) is 2.68. The number of para-hydroxylation sites is 1. The van der Waals surface area contributed by atoms with Crippen molar-refractivity contribution in [3.8, 4) is 0 Å². The van der Waals surface area contributed by atoms with Crippen molar-refractivity contribution in [3.05, 3.63) is 65.7 Å². The zero-order chi connectivity index (χ0) is 19.1. The van der Waals surface area contributed by atoms with Crippen LogP contribution in [0.25, 0.3) is 6.08 Å². The summed E-state index contributed by atoms with van der Waals surface area (Å²) in [6.07, 6.45) is 4.49. The van der Waals surface area contributed by atoms with Gasteiger partial charge in [0, 0.05) is 36.4 Å². The lowest BCUT2D eigenvalue weighted by atomic mass is 9.77. The average Bonchev–Trinajstić information content (AvgIpc) is 3.20. The fourth-order valence-electron chi connectivity index (χ4n) is 4.72. The van der Waals surface area contributed by atoms with E-state index in [0.29, 0.717) is 0 Å². The van der Waals surface area contributed by atoms with Crippen LogP contribution in [0.3, 0.4) is 0 Å². The molecule has 3 nitrogen and oxygen atoms in total. The van der Waals surface area contributed by atoms with Gasteiger partial charge in [-0.2, -0.15) is 0 Å². The van der Waals surface area contributed by atoms with Crippen molar-refractivity contribution in [3.63, 3.8) is 0 Å². The Morgan fingerprint density at radius 2 is 1.74 bits per heavy atom. The summed E-state index contributed by atoms with van der Waals surface area (Å²) in [5.74, 6) is 0. The van der Waals surface area contributed by atoms with E-state index in [1.807, 2.05) is 0 Å². The van der Waals surface area contributed by atoms with Crippen LogP contribution in [-0.4, -0.2) is 32.0 Å². The van der Waals surface area contributed by atoms with E-state index in [0.717, 1.165) is 26.2 Å². The van der Waals surface area contributed by atoms with Crippen LogP contribution in [0.2, 0.25) is 0 Å². The van der Waals surface area contributed by atoms with Crippen molar-refractivity contribution in [2.24, 2.45) is 0 Å². The lowest BCUT2D eigenvalue weighted by Gasteiger charge is -2.39. The Labute approximate surface area is 163 Å². The number of hydrogen-bond acceptors (Lipinski definition) is 3. The van der Waals surface area contributed by atoms with E-state index in [9.17, 15) is 0 Å². The lowest BCUT2D eigenvalue weighted by Crippen LogP contribution is -2.51. The summed E-state index contributed by atoms with van der Waals surface area (Å²) < 4.78 is 6.41. The Hall–Kier alpha value is -2.26. The predicted molar refractivity (Wildman–Crippen MR) is 115 cm³/mol. The second-order valence-electron chi connectivity index (χ2n) is 7.94. The van der Waals surface area contributed by atoms with Gasteiger partial charge in [-0.15, -0.1) is 0 Å². The van der Waals surface area contributed by atoms with Gasteiger partial charge in [0.15, 0.2) is 5.72 Å². The Morgan fingerprint density at radius 1 is 1.04 bits per heavy atom. The fraction of sp³-hybridized carbons (Fsp3) is 0.417. The molecule has 0 bridgehead atoms. The Balaban J connectivity index is 1.65. The Morgan fingerprint density at radius 3 is 2.44 bits per heavy atom. The van der Waals surface area contributed by atoms with Crippen molar-refractivity contribution < 1.29 is 4.74 Å². The van der Waals surface area contributed by atoms with E-state index in [1.54, 1.807) is 0 Å². The molecule has 0 N–H and O–H groups in total. The molecule has 142 valence electrons. The van der Waals surface area contributed by atoms with Gasteiger partial charge in [0.05, 0.1) is 6.61 Å². The van der Waals surface area contributed by atoms with E-state index >= 15 is 0 Å². The minimum Gasteiger partial charge on any atom is -0.372 e. The van der Waals surface area contributed by atoms with E-state index < -0.39 is 5.72 Å². The molecule has 2 aliphatic heterocycles. The number of benzene rings is 2. The van der Waals surface area contributed by atoms with Gasteiger partial charge in [-0.1, -0.05) is 50.3 Å². The van der Waals surface area contributed by atoms with Crippen molar-refractivity contribution in [1.29, 1.82) is 0 Å². The van der Waals surface area contributed by atoms with Gasteiger partial charge in [0.25, 0.3) is 0 Å². The maximum absolute atomic E-state index is 6.41. The normalized spacial score (nSPS) is 22.9. The number of anilines is 2. The van der Waals surface area contributed by atoms with Crippen molar-refractivity contribution in [2.75, 3.05) is 36.0 Å². The Bertz CT molecular complexity index is 836. The summed E-state index contributed by atoms with van der Waals surface area (Å²) in [6.45, 7) is 12.8. The molecule has 0 spiro atoms. The minimum absolute atomic E-state index is 0.0994. The molecule has 3 heteroatoms. The second kappa shape index (κ2) is 6.72. The first-order chi connectivity index (χ1) is 13.0. The van der Waals surface area contributed by atoms with Crippen molar-refractivity contribution >= 4 is 17.5 Å². The summed E-state index contributed by atoms with van der Waals surface area (Å²) in [5.41, 5.74) is 4.66. The van der Waals surface area contributed by atoms with E-state index in [4.69, 9.17) is 4.74 Å². The minimum atomic E-state index is -0.409. The smallest absolute Gasteiger partial charge is 0.170 e. The summed E-state index contributed by atoms with van der Waals surface area (Å²) in [7, 11) is 0. The molecular weight excluding hydrogens is 332 g/mol. The molecule has 0 aliphatic carbocycles. The molecule has 0 radical (unpaired) electrons. The predicted octanol–water partition coefficient (Wildman–Crippen LogP) is 5.07. The van der Waals surface area contributed by atoms with Gasteiger partial charge in [-0.05, 0) is 49.2 Å². The van der Waals surface area contributed by atoms with Gasteiger partial charge in [0.2, 0.25) is 0 Å². The third-order valence-electron chi connectivity index (χ3n) is 6.33. The molecule has 0 amide bonds. The highest BCUT2D eigenvalue weighted by molar-refractivity contribution is 5.70. The van der Waals surface area contributed by atoms with Crippen molar-refractivity contribution in [2.45, 2.75) is 38.8 Å². The molecule has 2 aromatic rings. The molecular formula is C24H30N2O. The van der Waals surface area contributed by atoms with Gasteiger partial charge in [0.1, 0.15) is 0 Å². The summed E-state index contributed by atoms with van der Waals surface area (Å²) in [4.78, 5) is 4.80. The zero-order valence-electron chi connectivity index (χ0n) is 16.9. The number of hydrogen-bond donors (Lipinski definition) is 0. The molecule has 0 saturated carbocycles. The van der Waals surface area contributed by atoms with Crippen LogP contribution in [0.4, 0.5) is 11.4 Å². The molecule has 0 aromatic heterocycles. The topological polar surface area (TPSA) is 15.7 Å². The maximum Gasteiger partial charge on any atom is 0.170 e. The number of ether oxygens (including phenoxy) is 1. The van der Waals surface area contributed by atoms with E-state index in [-0.39, 0.29) is 5.41 Å². The monoisotopic (exact) mass is 362 g/mol. The molecule has 1 unspecified atom stereocenters. The first kappa shape index (κ1) is 18.1. The molecule has 2 heterocycles. The number of rotatable bonds is 5. The van der Waals surface area contributed by atoms with Crippen LogP contribution in [-0.2, 0) is 10.2 Å². The first-order valence-corrected chi connectivity index (χ1v) is 10.1. The molecule has 1 fully saturated rings. The van der Waals surface area contributed by atoms with Crippen LogP contribution in [0.1, 0.15) is 38.8 Å². The summed E-state index contributed by atoms with van der Waals surface area (Å²) in [5, 5.41) is 0. The van der Waals surface area contributed by atoms with Gasteiger partial charge < -0.3 is 14.5 Å². The molecule has 1 atom stereocenters. The molecule has 2 aliphatic rings. The fourth-order valence-corrected chi connectivity index (χ4v) is 4.72. The summed E-state index contributed by atoms with van der Waals surface area (Å²) >= 11 is 0. The van der Waals surface area contributed by atoms with Crippen LogP contribution in [0, 0.1) is 0 Å². The number of nitrogens with zero attached hydrogens (tertiary/aromatic N) is 2. The van der Waals surface area contributed by atoms with Crippen LogP contribution >= 0.6 is 0 Å². The summed E-state index contributed by atoms with van der Waals surface area (Å²) in [6, 6.07) is 17.6. The van der Waals surface area contributed by atoms with Gasteiger partial charge in [-0.25, -0.2) is 0 Å². The average molecular weight is 363 g/mol. The Kier molecular flexibility index (Phi) is 4.51. The van der Waals surface area contributed by atoms with E-state index in [1.165, 1.54) is 22.5 Å². The van der Waals surface area contributed by atoms with Gasteiger partial charge >= 0.3 is 0 Å². The molecule has 27 heavy (non-hydrogen) atoms. The molecule has 4 rings (SSSR count). The highest BCUT2D eigenvalue weighted by Crippen LogP contribution is 2.54. The largest absolute Gasteiger partial charge is 0.372 e.